The van der Waals surface area contributed by atoms with Crippen molar-refractivity contribution in [1.29, 1.82) is 0 Å². The molecule has 0 aliphatic carbocycles. The second kappa shape index (κ2) is 11.6. The van der Waals surface area contributed by atoms with Crippen LogP contribution in [0.4, 0.5) is 5.69 Å². The van der Waals surface area contributed by atoms with E-state index in [1.165, 1.54) is 7.11 Å². The molecule has 30 heavy (non-hydrogen) atoms. The maximum Gasteiger partial charge on any atom is 0.322 e. The summed E-state index contributed by atoms with van der Waals surface area (Å²) in [5, 5.41) is 3.50. The average molecular weight is 436 g/mol. The molecular weight excluding hydrogens is 402 g/mol. The van der Waals surface area contributed by atoms with Crippen LogP contribution in [0.15, 0.2) is 24.3 Å². The highest BCUT2D eigenvalue weighted by Crippen LogP contribution is 2.22. The Labute approximate surface area is 183 Å². The minimum absolute atomic E-state index is 0.0758. The maximum absolute atomic E-state index is 12.6. The summed E-state index contributed by atoms with van der Waals surface area (Å²) in [6, 6.07) is 8.01. The van der Waals surface area contributed by atoms with Gasteiger partial charge in [-0.05, 0) is 55.5 Å². The lowest BCUT2D eigenvalue weighted by atomic mass is 10.0. The van der Waals surface area contributed by atoms with Gasteiger partial charge in [-0.15, -0.1) is 0 Å². The fraction of sp³-hybridized carbons (Fsp3) is 0.636. The molecule has 2 saturated heterocycles. The van der Waals surface area contributed by atoms with Crippen LogP contribution in [0, 0.1) is 0 Å². The van der Waals surface area contributed by atoms with Gasteiger partial charge in [0.25, 0.3) is 5.91 Å². The van der Waals surface area contributed by atoms with Gasteiger partial charge >= 0.3 is 5.97 Å². The van der Waals surface area contributed by atoms with Crippen molar-refractivity contribution in [3.8, 4) is 0 Å². The van der Waals surface area contributed by atoms with Crippen LogP contribution in [0.25, 0.3) is 0 Å². The van der Waals surface area contributed by atoms with Crippen molar-refractivity contribution in [2.75, 3.05) is 63.4 Å². The molecule has 0 aromatic heterocycles. The quantitative estimate of drug-likeness (QED) is 0.627. The molecule has 1 unspecified atom stereocenters. The number of carbonyl (C=O) groups is 2. The first kappa shape index (κ1) is 22.9. The van der Waals surface area contributed by atoms with E-state index in [1.54, 1.807) is 11.8 Å². The third-order valence-electron chi connectivity index (χ3n) is 5.81. The third-order valence-corrected chi connectivity index (χ3v) is 6.45. The number of nitrogens with zero attached hydrogens (tertiary/aromatic N) is 2. The molecule has 0 saturated carbocycles. The van der Waals surface area contributed by atoms with Gasteiger partial charge in [-0.3, -0.25) is 9.59 Å². The number of rotatable bonds is 8. The number of esters is 1. The number of morpholine rings is 1. The number of amides is 1. The molecule has 2 aliphatic rings. The molecule has 1 amide bonds. The Morgan fingerprint density at radius 3 is 2.43 bits per heavy atom. The second-order valence-electron chi connectivity index (χ2n) is 7.74. The van der Waals surface area contributed by atoms with Gasteiger partial charge in [0, 0.05) is 43.5 Å². The fourth-order valence-corrected chi connectivity index (χ4v) is 4.47. The molecule has 0 spiro atoms. The zero-order valence-corrected chi connectivity index (χ0v) is 18.8. The number of thioether (sulfide) groups is 1. The van der Waals surface area contributed by atoms with E-state index in [9.17, 15) is 9.59 Å². The Morgan fingerprint density at radius 2 is 1.83 bits per heavy atom. The van der Waals surface area contributed by atoms with Gasteiger partial charge in [-0.1, -0.05) is 0 Å². The minimum atomic E-state index is -0.232. The largest absolute Gasteiger partial charge is 0.468 e. The number of ether oxygens (including phenoxy) is 2. The van der Waals surface area contributed by atoms with Gasteiger partial charge < -0.3 is 24.6 Å². The van der Waals surface area contributed by atoms with Crippen molar-refractivity contribution in [3.63, 3.8) is 0 Å². The van der Waals surface area contributed by atoms with E-state index in [0.717, 1.165) is 49.4 Å². The highest BCUT2D eigenvalue weighted by atomic mass is 32.2. The third kappa shape index (κ3) is 6.12. The van der Waals surface area contributed by atoms with Gasteiger partial charge in [0.05, 0.1) is 20.3 Å². The molecule has 0 radical (unpaired) electrons. The monoisotopic (exact) mass is 435 g/mol. The van der Waals surface area contributed by atoms with E-state index in [2.05, 4.69) is 10.2 Å². The Balaban J connectivity index is 1.50. The van der Waals surface area contributed by atoms with Crippen LogP contribution in [0.1, 0.15) is 29.6 Å². The van der Waals surface area contributed by atoms with Crippen LogP contribution in [0.2, 0.25) is 0 Å². The zero-order chi connectivity index (χ0) is 21.3. The Kier molecular flexibility index (Phi) is 8.84. The summed E-state index contributed by atoms with van der Waals surface area (Å²) in [4.78, 5) is 28.8. The lowest BCUT2D eigenvalue weighted by molar-refractivity contribution is -0.143. The topological polar surface area (TPSA) is 71.1 Å². The molecule has 2 heterocycles. The van der Waals surface area contributed by atoms with Crippen LogP contribution < -0.4 is 10.2 Å². The SMILES string of the molecule is COC(=O)C(CCSC)NC1CCN(c2ccc(C(=O)N3CCOCC3)cc2)CC1. The van der Waals surface area contributed by atoms with E-state index in [0.29, 0.717) is 32.3 Å². The average Bonchev–Trinajstić information content (AvgIpc) is 2.82. The summed E-state index contributed by atoms with van der Waals surface area (Å²) in [6.45, 7) is 4.38. The molecule has 1 atom stereocenters. The van der Waals surface area contributed by atoms with Gasteiger partial charge in [-0.25, -0.2) is 0 Å². The standard InChI is InChI=1S/C22H33N3O4S/c1-28-22(27)20(9-16-30-2)23-18-7-10-24(11-8-18)19-5-3-17(4-6-19)21(26)25-12-14-29-15-13-25/h3-6,18,20,23H,7-16H2,1-2H3. The van der Waals surface area contributed by atoms with Gasteiger partial charge in [0.15, 0.2) is 0 Å². The first-order chi connectivity index (χ1) is 14.6. The summed E-state index contributed by atoms with van der Waals surface area (Å²) in [5.41, 5.74) is 1.87. The van der Waals surface area contributed by atoms with Crippen LogP contribution in [-0.2, 0) is 14.3 Å². The highest BCUT2D eigenvalue weighted by molar-refractivity contribution is 7.98. The zero-order valence-electron chi connectivity index (χ0n) is 18.0. The van der Waals surface area contributed by atoms with E-state index in [1.807, 2.05) is 35.4 Å². The van der Waals surface area contributed by atoms with E-state index in [4.69, 9.17) is 9.47 Å². The molecule has 2 fully saturated rings. The van der Waals surface area contributed by atoms with Crippen LogP contribution in [0.3, 0.4) is 0 Å². The normalized spacial score (nSPS) is 18.9. The molecule has 1 N–H and O–H groups in total. The fourth-order valence-electron chi connectivity index (χ4n) is 4.00. The summed E-state index contributed by atoms with van der Waals surface area (Å²) in [5.74, 6) is 0.833. The number of hydrogen-bond acceptors (Lipinski definition) is 7. The molecular formula is C22H33N3O4S. The van der Waals surface area contributed by atoms with Crippen LogP contribution >= 0.6 is 11.8 Å². The summed E-state index contributed by atoms with van der Waals surface area (Å²) in [6.07, 6.45) is 4.78. The molecule has 0 bridgehead atoms. The minimum Gasteiger partial charge on any atom is -0.468 e. The number of piperidine rings is 1. The maximum atomic E-state index is 12.6. The number of nitrogens with one attached hydrogen (secondary N) is 1. The number of hydrogen-bond donors (Lipinski definition) is 1. The van der Waals surface area contributed by atoms with Crippen molar-refractivity contribution in [1.82, 2.24) is 10.2 Å². The molecule has 166 valence electrons. The first-order valence-electron chi connectivity index (χ1n) is 10.7. The first-order valence-corrected chi connectivity index (χ1v) is 12.1. The van der Waals surface area contributed by atoms with Crippen molar-refractivity contribution in [2.45, 2.75) is 31.3 Å². The van der Waals surface area contributed by atoms with Crippen molar-refractivity contribution >= 4 is 29.3 Å². The van der Waals surface area contributed by atoms with Crippen molar-refractivity contribution < 1.29 is 19.1 Å². The van der Waals surface area contributed by atoms with Crippen LogP contribution in [0.5, 0.6) is 0 Å². The number of anilines is 1. The Morgan fingerprint density at radius 1 is 1.17 bits per heavy atom. The van der Waals surface area contributed by atoms with E-state index < -0.39 is 0 Å². The summed E-state index contributed by atoms with van der Waals surface area (Å²) >= 11 is 1.74. The Hall–Kier alpha value is -1.77. The van der Waals surface area contributed by atoms with Gasteiger partial charge in [-0.2, -0.15) is 11.8 Å². The van der Waals surface area contributed by atoms with Crippen LogP contribution in [-0.4, -0.2) is 87.4 Å². The van der Waals surface area contributed by atoms with Crippen molar-refractivity contribution in [2.24, 2.45) is 0 Å². The second-order valence-corrected chi connectivity index (χ2v) is 8.72. The highest BCUT2D eigenvalue weighted by Gasteiger charge is 2.26. The van der Waals surface area contributed by atoms with Gasteiger partial charge in [0.2, 0.25) is 0 Å². The number of carbonyl (C=O) groups excluding carboxylic acids is 2. The molecule has 7 nitrogen and oxygen atoms in total. The van der Waals surface area contributed by atoms with Gasteiger partial charge in [0.1, 0.15) is 6.04 Å². The van der Waals surface area contributed by atoms with Crippen molar-refractivity contribution in [3.05, 3.63) is 29.8 Å². The molecule has 1 aromatic rings. The number of methoxy groups -OCH3 is 1. The smallest absolute Gasteiger partial charge is 0.322 e. The lowest BCUT2D eigenvalue weighted by Crippen LogP contribution is -2.49. The molecule has 3 rings (SSSR count). The molecule has 8 heteroatoms. The number of benzene rings is 1. The van der Waals surface area contributed by atoms with E-state index in [-0.39, 0.29) is 17.9 Å². The molecule has 2 aliphatic heterocycles. The Bertz CT molecular complexity index is 686. The predicted octanol–water partition coefficient (Wildman–Crippen LogP) is 2.01. The summed E-state index contributed by atoms with van der Waals surface area (Å²) < 4.78 is 10.3. The summed E-state index contributed by atoms with van der Waals surface area (Å²) in [7, 11) is 1.45. The predicted molar refractivity (Wildman–Crippen MR) is 120 cm³/mol. The molecule has 1 aromatic carbocycles. The lowest BCUT2D eigenvalue weighted by Gasteiger charge is -2.35. The van der Waals surface area contributed by atoms with E-state index >= 15 is 0 Å².